The van der Waals surface area contributed by atoms with E-state index in [0.717, 1.165) is 13.2 Å². The Kier molecular flexibility index (Phi) is 5.94. The molecule has 1 aliphatic heterocycles. The van der Waals surface area contributed by atoms with Crippen LogP contribution in [0.5, 0.6) is 0 Å². The fraction of sp³-hybridized carbons (Fsp3) is 0.667. The van der Waals surface area contributed by atoms with E-state index in [0.29, 0.717) is 0 Å². The number of epoxide rings is 1. The van der Waals surface area contributed by atoms with Gasteiger partial charge in [0.05, 0.1) is 26.3 Å². The number of nitrogens with one attached hydrogen (secondary N) is 1. The molecular formula is C6H11NO5. The lowest BCUT2D eigenvalue weighted by atomic mass is 10.6. The number of aliphatic carboxylic acids is 2. The van der Waals surface area contributed by atoms with Gasteiger partial charge in [-0.3, -0.25) is 14.9 Å². The zero-order valence-electron chi connectivity index (χ0n) is 6.45. The summed E-state index contributed by atoms with van der Waals surface area (Å²) in [5.41, 5.74) is 0. The van der Waals surface area contributed by atoms with Gasteiger partial charge in [0.15, 0.2) is 0 Å². The number of carboxylic acid groups (broad SMARTS) is 2. The van der Waals surface area contributed by atoms with Crippen molar-refractivity contribution < 1.29 is 24.5 Å². The van der Waals surface area contributed by atoms with Gasteiger partial charge in [0.2, 0.25) is 0 Å². The van der Waals surface area contributed by atoms with Crippen molar-refractivity contribution in [3.8, 4) is 0 Å². The van der Waals surface area contributed by atoms with E-state index < -0.39 is 11.9 Å². The minimum absolute atomic E-state index is 0.313. The molecule has 0 saturated carbocycles. The van der Waals surface area contributed by atoms with E-state index in [2.05, 4.69) is 10.1 Å². The topological polar surface area (TPSA) is 99.2 Å². The number of rotatable bonds is 4. The number of carbonyl (C=O) groups is 2. The Bertz CT molecular complexity index is 139. The Balaban J connectivity index is 0.000000330. The van der Waals surface area contributed by atoms with Crippen molar-refractivity contribution in [3.05, 3.63) is 0 Å². The van der Waals surface area contributed by atoms with E-state index in [1.165, 1.54) is 0 Å². The fourth-order valence-electron chi connectivity index (χ4n) is 0.276. The molecule has 0 aliphatic carbocycles. The Morgan fingerprint density at radius 2 is 1.50 bits per heavy atom. The first-order valence-corrected chi connectivity index (χ1v) is 3.35. The third-order valence-electron chi connectivity index (χ3n) is 0.757. The lowest BCUT2D eigenvalue weighted by Crippen LogP contribution is -2.27. The highest BCUT2D eigenvalue weighted by Crippen LogP contribution is 1.84. The second kappa shape index (κ2) is 6.56. The number of hydrogen-bond donors (Lipinski definition) is 3. The van der Waals surface area contributed by atoms with Crippen LogP contribution in [0.4, 0.5) is 0 Å². The molecule has 0 aromatic rings. The largest absolute Gasteiger partial charge is 0.480 e. The molecule has 1 aliphatic rings. The predicted molar refractivity (Wildman–Crippen MR) is 39.0 cm³/mol. The van der Waals surface area contributed by atoms with Crippen molar-refractivity contribution in [2.75, 3.05) is 26.3 Å². The van der Waals surface area contributed by atoms with Crippen LogP contribution in [0.3, 0.4) is 0 Å². The molecule has 1 saturated heterocycles. The fourth-order valence-corrected chi connectivity index (χ4v) is 0.276. The van der Waals surface area contributed by atoms with Gasteiger partial charge in [-0.05, 0) is 0 Å². The molecule has 0 aromatic carbocycles. The molecule has 0 radical (unpaired) electrons. The smallest absolute Gasteiger partial charge is 0.317 e. The molecule has 1 fully saturated rings. The summed E-state index contributed by atoms with van der Waals surface area (Å²) < 4.78 is 4.50. The summed E-state index contributed by atoms with van der Waals surface area (Å²) in [6, 6.07) is 0. The van der Waals surface area contributed by atoms with Crippen molar-refractivity contribution in [2.24, 2.45) is 0 Å². The Hall–Kier alpha value is -1.14. The monoisotopic (exact) mass is 177 g/mol. The first-order valence-electron chi connectivity index (χ1n) is 3.35. The van der Waals surface area contributed by atoms with Crippen LogP contribution in [0, 0.1) is 0 Å². The molecule has 0 atom stereocenters. The molecule has 70 valence electrons. The summed E-state index contributed by atoms with van der Waals surface area (Å²) in [4.78, 5) is 19.5. The molecule has 12 heavy (non-hydrogen) atoms. The van der Waals surface area contributed by atoms with Crippen molar-refractivity contribution in [1.29, 1.82) is 0 Å². The molecule has 3 N–H and O–H groups in total. The minimum Gasteiger partial charge on any atom is -0.480 e. The van der Waals surface area contributed by atoms with Crippen LogP contribution in [-0.4, -0.2) is 48.5 Å². The van der Waals surface area contributed by atoms with Crippen molar-refractivity contribution >= 4 is 11.9 Å². The normalized spacial score (nSPS) is 12.7. The van der Waals surface area contributed by atoms with Crippen molar-refractivity contribution in [2.45, 2.75) is 0 Å². The molecule has 6 heteroatoms. The van der Waals surface area contributed by atoms with Crippen LogP contribution in [0.1, 0.15) is 0 Å². The Morgan fingerprint density at radius 1 is 1.17 bits per heavy atom. The quantitative estimate of drug-likeness (QED) is 0.464. The molecular weight excluding hydrogens is 166 g/mol. The van der Waals surface area contributed by atoms with Crippen LogP contribution in [0.25, 0.3) is 0 Å². The maximum Gasteiger partial charge on any atom is 0.317 e. The standard InChI is InChI=1S/C4H7NO4.C2H4O/c6-3(7)1-5-2-4(8)9;1-2-3-1/h5H,1-2H2,(H,6,7)(H,8,9);1-2H2. The first-order chi connectivity index (χ1) is 5.63. The maximum atomic E-state index is 9.73. The number of hydrogen-bond acceptors (Lipinski definition) is 4. The Morgan fingerprint density at radius 3 is 1.67 bits per heavy atom. The van der Waals surface area contributed by atoms with Crippen LogP contribution >= 0.6 is 0 Å². The lowest BCUT2D eigenvalue weighted by Gasteiger charge is -1.93. The van der Waals surface area contributed by atoms with Crippen LogP contribution in [0.15, 0.2) is 0 Å². The zero-order valence-corrected chi connectivity index (χ0v) is 6.45. The molecule has 0 spiro atoms. The van der Waals surface area contributed by atoms with E-state index in [-0.39, 0.29) is 13.1 Å². The minimum atomic E-state index is -1.06. The maximum absolute atomic E-state index is 9.73. The van der Waals surface area contributed by atoms with Gasteiger partial charge in [-0.15, -0.1) is 0 Å². The summed E-state index contributed by atoms with van der Waals surface area (Å²) in [5, 5.41) is 18.1. The van der Waals surface area contributed by atoms with Gasteiger partial charge in [-0.2, -0.15) is 0 Å². The van der Waals surface area contributed by atoms with Gasteiger partial charge < -0.3 is 14.9 Å². The van der Waals surface area contributed by atoms with Gasteiger partial charge in [0.25, 0.3) is 0 Å². The van der Waals surface area contributed by atoms with Crippen LogP contribution in [0.2, 0.25) is 0 Å². The van der Waals surface area contributed by atoms with Crippen molar-refractivity contribution in [3.63, 3.8) is 0 Å². The van der Waals surface area contributed by atoms with E-state index in [9.17, 15) is 9.59 Å². The van der Waals surface area contributed by atoms with E-state index in [1.54, 1.807) is 0 Å². The van der Waals surface area contributed by atoms with Gasteiger partial charge in [-0.1, -0.05) is 0 Å². The second-order valence-electron chi connectivity index (χ2n) is 2.00. The molecule has 0 amide bonds. The predicted octanol–water partition coefficient (Wildman–Crippen LogP) is -1.24. The van der Waals surface area contributed by atoms with Gasteiger partial charge >= 0.3 is 11.9 Å². The van der Waals surface area contributed by atoms with Crippen LogP contribution in [-0.2, 0) is 14.3 Å². The van der Waals surface area contributed by atoms with Gasteiger partial charge in [0, 0.05) is 0 Å². The molecule has 0 bridgehead atoms. The van der Waals surface area contributed by atoms with E-state index in [4.69, 9.17) is 10.2 Å². The summed E-state index contributed by atoms with van der Waals surface area (Å²) >= 11 is 0. The molecule has 1 heterocycles. The van der Waals surface area contributed by atoms with E-state index in [1.807, 2.05) is 0 Å². The summed E-state index contributed by atoms with van der Waals surface area (Å²) in [5.74, 6) is -2.12. The highest BCUT2D eigenvalue weighted by molar-refractivity contribution is 5.72. The van der Waals surface area contributed by atoms with Gasteiger partial charge in [-0.25, -0.2) is 0 Å². The summed E-state index contributed by atoms with van der Waals surface area (Å²) in [6.45, 7) is 1.37. The Labute approximate surface area is 69.1 Å². The molecule has 1 rings (SSSR count). The zero-order chi connectivity index (χ0) is 9.40. The van der Waals surface area contributed by atoms with Crippen LogP contribution < -0.4 is 5.32 Å². The summed E-state index contributed by atoms with van der Waals surface area (Å²) in [7, 11) is 0. The molecule has 6 nitrogen and oxygen atoms in total. The second-order valence-corrected chi connectivity index (χ2v) is 2.00. The number of carboxylic acids is 2. The number of ether oxygens (including phenoxy) is 1. The third-order valence-corrected chi connectivity index (χ3v) is 0.757. The lowest BCUT2D eigenvalue weighted by molar-refractivity contribution is -0.137. The van der Waals surface area contributed by atoms with E-state index >= 15 is 0 Å². The highest BCUT2D eigenvalue weighted by atomic mass is 16.6. The first kappa shape index (κ1) is 10.9. The van der Waals surface area contributed by atoms with Crippen molar-refractivity contribution in [1.82, 2.24) is 5.32 Å². The molecule has 0 unspecified atom stereocenters. The average Bonchev–Trinajstić information content (AvgIpc) is 2.68. The SMILES string of the molecule is C1CO1.O=C(O)CNCC(=O)O. The third kappa shape index (κ3) is 15.9. The molecule has 0 aromatic heterocycles. The average molecular weight is 177 g/mol. The highest BCUT2D eigenvalue weighted by Gasteiger charge is 1.97. The summed E-state index contributed by atoms with van der Waals surface area (Å²) in [6.07, 6.45) is 0. The van der Waals surface area contributed by atoms with Gasteiger partial charge in [0.1, 0.15) is 0 Å².